The zero-order valence-corrected chi connectivity index (χ0v) is 11.3. The molecule has 1 aromatic rings. The van der Waals surface area contributed by atoms with Gasteiger partial charge in [0.2, 0.25) is 0 Å². The average molecular weight is 304 g/mol. The van der Waals surface area contributed by atoms with Crippen molar-refractivity contribution < 1.29 is 14.3 Å². The highest BCUT2D eigenvalue weighted by molar-refractivity contribution is 9.10. The number of benzene rings is 1. The summed E-state index contributed by atoms with van der Waals surface area (Å²) in [6.45, 7) is 3.64. The second kappa shape index (κ2) is 6.12. The molecule has 17 heavy (non-hydrogen) atoms. The zero-order chi connectivity index (χ0) is 13.0. The lowest BCUT2D eigenvalue weighted by atomic mass is 10.0. The topological polar surface area (TPSA) is 49.3 Å². The Bertz CT molecular complexity index is 409. The second-order valence-corrected chi connectivity index (χ2v) is 4.90. The first kappa shape index (κ1) is 14.1. The molecule has 1 atom stereocenters. The summed E-state index contributed by atoms with van der Waals surface area (Å²) < 4.78 is 13.4. The quantitative estimate of drug-likeness (QED) is 0.897. The van der Waals surface area contributed by atoms with E-state index in [1.165, 1.54) is 18.2 Å². The summed E-state index contributed by atoms with van der Waals surface area (Å²) >= 11 is 3.03. The Balaban J connectivity index is 2.86. The standard InChI is InChI=1S/C12H15BrFNO2/c1-7(2)10(6-16)15-12(17)8-4-3-5-9(14)11(8)13/h3-5,7,10,16H,6H2,1-2H3,(H,15,17)/t10-/m1/s1. The van der Waals surface area contributed by atoms with Crippen LogP contribution in [0.25, 0.3) is 0 Å². The molecular weight excluding hydrogens is 289 g/mol. The Morgan fingerprint density at radius 2 is 2.18 bits per heavy atom. The van der Waals surface area contributed by atoms with Crippen molar-refractivity contribution in [2.24, 2.45) is 5.92 Å². The minimum absolute atomic E-state index is 0.108. The Kier molecular flexibility index (Phi) is 5.08. The van der Waals surface area contributed by atoms with Crippen LogP contribution in [-0.2, 0) is 0 Å². The highest BCUT2D eigenvalue weighted by Crippen LogP contribution is 2.20. The maximum Gasteiger partial charge on any atom is 0.252 e. The van der Waals surface area contributed by atoms with Crippen molar-refractivity contribution in [2.75, 3.05) is 6.61 Å². The third-order valence-electron chi connectivity index (χ3n) is 2.51. The molecule has 0 bridgehead atoms. The summed E-state index contributed by atoms with van der Waals surface area (Å²) in [4.78, 5) is 11.9. The number of amides is 1. The molecule has 3 nitrogen and oxygen atoms in total. The summed E-state index contributed by atoms with van der Waals surface area (Å²) in [5.41, 5.74) is 0.226. The lowest BCUT2D eigenvalue weighted by Crippen LogP contribution is -2.41. The van der Waals surface area contributed by atoms with Gasteiger partial charge in [0, 0.05) is 0 Å². The molecule has 0 radical (unpaired) electrons. The third kappa shape index (κ3) is 3.51. The number of carbonyl (C=O) groups excluding carboxylic acids is 1. The Morgan fingerprint density at radius 1 is 1.53 bits per heavy atom. The molecular formula is C12H15BrFNO2. The predicted molar refractivity (Wildman–Crippen MR) is 67.3 cm³/mol. The number of aliphatic hydroxyl groups is 1. The molecule has 0 aliphatic rings. The van der Waals surface area contributed by atoms with Gasteiger partial charge >= 0.3 is 0 Å². The monoisotopic (exact) mass is 303 g/mol. The summed E-state index contributed by atoms with van der Waals surface area (Å²) in [7, 11) is 0. The van der Waals surface area contributed by atoms with E-state index >= 15 is 0 Å². The largest absolute Gasteiger partial charge is 0.394 e. The summed E-state index contributed by atoms with van der Waals surface area (Å²) in [6.07, 6.45) is 0. The van der Waals surface area contributed by atoms with Gasteiger partial charge in [-0.2, -0.15) is 0 Å². The molecule has 0 heterocycles. The van der Waals surface area contributed by atoms with Crippen LogP contribution in [0.15, 0.2) is 22.7 Å². The van der Waals surface area contributed by atoms with E-state index in [2.05, 4.69) is 21.2 Å². The van der Waals surface area contributed by atoms with E-state index in [9.17, 15) is 9.18 Å². The van der Waals surface area contributed by atoms with E-state index in [-0.39, 0.29) is 28.6 Å². The van der Waals surface area contributed by atoms with Crippen LogP contribution < -0.4 is 5.32 Å². The van der Waals surface area contributed by atoms with E-state index in [0.717, 1.165) is 0 Å². The number of halogens is 2. The molecule has 1 rings (SSSR count). The van der Waals surface area contributed by atoms with Crippen LogP contribution in [0.3, 0.4) is 0 Å². The lowest BCUT2D eigenvalue weighted by molar-refractivity contribution is 0.0895. The van der Waals surface area contributed by atoms with Gasteiger partial charge in [-0.25, -0.2) is 4.39 Å². The maximum atomic E-state index is 13.2. The molecule has 1 amide bonds. The molecule has 0 saturated carbocycles. The van der Waals surface area contributed by atoms with Crippen LogP contribution in [0.1, 0.15) is 24.2 Å². The first-order valence-electron chi connectivity index (χ1n) is 5.33. The molecule has 2 N–H and O–H groups in total. The first-order chi connectivity index (χ1) is 7.97. The van der Waals surface area contributed by atoms with Gasteiger partial charge in [-0.15, -0.1) is 0 Å². The first-order valence-corrected chi connectivity index (χ1v) is 6.12. The maximum absolute atomic E-state index is 13.2. The molecule has 94 valence electrons. The van der Waals surface area contributed by atoms with Crippen molar-refractivity contribution in [2.45, 2.75) is 19.9 Å². The number of rotatable bonds is 4. The van der Waals surface area contributed by atoms with Crippen LogP contribution in [0.2, 0.25) is 0 Å². The number of nitrogens with one attached hydrogen (secondary N) is 1. The fourth-order valence-electron chi connectivity index (χ4n) is 1.35. The molecule has 0 saturated heterocycles. The normalized spacial score (nSPS) is 12.6. The van der Waals surface area contributed by atoms with Crippen LogP contribution in [-0.4, -0.2) is 23.7 Å². The minimum Gasteiger partial charge on any atom is -0.394 e. The number of hydrogen-bond donors (Lipinski definition) is 2. The molecule has 1 aromatic carbocycles. The number of hydrogen-bond acceptors (Lipinski definition) is 2. The summed E-state index contributed by atoms with van der Waals surface area (Å²) in [5, 5.41) is 11.8. The van der Waals surface area contributed by atoms with Crippen LogP contribution in [0, 0.1) is 11.7 Å². The summed E-state index contributed by atoms with van der Waals surface area (Å²) in [6, 6.07) is 3.93. The molecule has 5 heteroatoms. The molecule has 0 aliphatic heterocycles. The van der Waals surface area contributed by atoms with E-state index in [1.54, 1.807) is 0 Å². The van der Waals surface area contributed by atoms with E-state index in [0.29, 0.717) is 0 Å². The predicted octanol–water partition coefficient (Wildman–Crippen LogP) is 2.33. The van der Waals surface area contributed by atoms with Crippen LogP contribution >= 0.6 is 15.9 Å². The van der Waals surface area contributed by atoms with Gasteiger partial charge in [-0.05, 0) is 34.0 Å². The van der Waals surface area contributed by atoms with Gasteiger partial charge in [0.05, 0.1) is 22.7 Å². The van der Waals surface area contributed by atoms with Crippen molar-refractivity contribution in [3.8, 4) is 0 Å². The van der Waals surface area contributed by atoms with Crippen LogP contribution in [0.4, 0.5) is 4.39 Å². The number of carbonyl (C=O) groups is 1. The second-order valence-electron chi connectivity index (χ2n) is 4.11. The third-order valence-corrected chi connectivity index (χ3v) is 3.32. The minimum atomic E-state index is -0.484. The van der Waals surface area contributed by atoms with Crippen molar-refractivity contribution in [3.05, 3.63) is 34.1 Å². The SMILES string of the molecule is CC(C)[C@@H](CO)NC(=O)c1cccc(F)c1Br. The van der Waals surface area contributed by atoms with E-state index in [1.807, 2.05) is 13.8 Å². The van der Waals surface area contributed by atoms with Gasteiger partial charge in [-0.1, -0.05) is 19.9 Å². The smallest absolute Gasteiger partial charge is 0.252 e. The fraction of sp³-hybridized carbons (Fsp3) is 0.417. The van der Waals surface area contributed by atoms with Crippen molar-refractivity contribution >= 4 is 21.8 Å². The van der Waals surface area contributed by atoms with Gasteiger partial charge in [0.1, 0.15) is 5.82 Å². The molecule has 0 aliphatic carbocycles. The van der Waals surface area contributed by atoms with E-state index in [4.69, 9.17) is 5.11 Å². The van der Waals surface area contributed by atoms with Crippen molar-refractivity contribution in [3.63, 3.8) is 0 Å². The Labute approximate surface area is 108 Å². The molecule has 0 fully saturated rings. The number of aliphatic hydroxyl groups excluding tert-OH is 1. The van der Waals surface area contributed by atoms with Crippen LogP contribution in [0.5, 0.6) is 0 Å². The fourth-order valence-corrected chi connectivity index (χ4v) is 1.79. The highest BCUT2D eigenvalue weighted by atomic mass is 79.9. The molecule has 0 spiro atoms. The van der Waals surface area contributed by atoms with Crippen molar-refractivity contribution in [1.29, 1.82) is 0 Å². The highest BCUT2D eigenvalue weighted by Gasteiger charge is 2.18. The molecule has 0 aromatic heterocycles. The Hall–Kier alpha value is -0.940. The lowest BCUT2D eigenvalue weighted by Gasteiger charge is -2.20. The zero-order valence-electron chi connectivity index (χ0n) is 9.71. The van der Waals surface area contributed by atoms with Crippen molar-refractivity contribution in [1.82, 2.24) is 5.32 Å². The van der Waals surface area contributed by atoms with Gasteiger partial charge < -0.3 is 10.4 Å². The average Bonchev–Trinajstić information content (AvgIpc) is 2.28. The van der Waals surface area contributed by atoms with Gasteiger partial charge in [-0.3, -0.25) is 4.79 Å². The summed E-state index contributed by atoms with van der Waals surface area (Å²) in [5.74, 6) is -0.775. The Morgan fingerprint density at radius 3 is 2.71 bits per heavy atom. The van der Waals surface area contributed by atoms with E-state index < -0.39 is 11.7 Å². The van der Waals surface area contributed by atoms with Gasteiger partial charge in [0.15, 0.2) is 0 Å². The van der Waals surface area contributed by atoms with Gasteiger partial charge in [0.25, 0.3) is 5.91 Å². The molecule has 0 unspecified atom stereocenters.